The Hall–Kier alpha value is -1.88. The number of nitrogens with one attached hydrogen (secondary N) is 1. The first-order valence-corrected chi connectivity index (χ1v) is 7.50. The lowest BCUT2D eigenvalue weighted by atomic mass is 10.0. The van der Waals surface area contributed by atoms with Gasteiger partial charge in [-0.05, 0) is 38.4 Å². The van der Waals surface area contributed by atoms with Crippen LogP contribution in [0.2, 0.25) is 0 Å². The van der Waals surface area contributed by atoms with E-state index in [-0.39, 0.29) is 6.10 Å². The van der Waals surface area contributed by atoms with Gasteiger partial charge >= 0.3 is 0 Å². The third-order valence-corrected chi connectivity index (χ3v) is 3.69. The van der Waals surface area contributed by atoms with Gasteiger partial charge in [-0.3, -0.25) is 4.68 Å². The first kappa shape index (κ1) is 14.1. The maximum atomic E-state index is 5.82. The second-order valence-electron chi connectivity index (χ2n) is 5.88. The molecule has 0 amide bonds. The van der Waals surface area contributed by atoms with E-state index < -0.39 is 0 Å². The normalized spacial score (nSPS) is 18.4. The van der Waals surface area contributed by atoms with E-state index in [1.165, 1.54) is 0 Å². The van der Waals surface area contributed by atoms with Gasteiger partial charge in [-0.2, -0.15) is 5.10 Å². The van der Waals surface area contributed by atoms with Crippen molar-refractivity contribution in [3.63, 3.8) is 0 Å². The van der Waals surface area contributed by atoms with Crippen molar-refractivity contribution >= 4 is 0 Å². The van der Waals surface area contributed by atoms with Gasteiger partial charge in [0.15, 0.2) is 0 Å². The number of aryl methyl sites for hydroxylation is 1. The second kappa shape index (κ2) is 5.85. The molecule has 1 aliphatic heterocycles. The molecule has 1 fully saturated rings. The number of ether oxygens (including phenoxy) is 1. The first-order valence-electron chi connectivity index (χ1n) is 7.50. The van der Waals surface area contributed by atoms with Gasteiger partial charge in [0.05, 0.1) is 12.3 Å². The van der Waals surface area contributed by atoms with Gasteiger partial charge in [0.25, 0.3) is 0 Å². The summed E-state index contributed by atoms with van der Waals surface area (Å²) in [5.74, 6) is 1.17. The Morgan fingerprint density at radius 1 is 1.33 bits per heavy atom. The predicted octanol–water partition coefficient (Wildman–Crippen LogP) is 2.35. The molecule has 5 heteroatoms. The summed E-state index contributed by atoms with van der Waals surface area (Å²) in [7, 11) is 1.93. The van der Waals surface area contributed by atoms with Crippen molar-refractivity contribution < 1.29 is 4.74 Å². The molecular weight excluding hydrogens is 264 g/mol. The molecule has 0 spiro atoms. The molecule has 2 aromatic rings. The van der Waals surface area contributed by atoms with Gasteiger partial charge in [0, 0.05) is 43.0 Å². The fourth-order valence-corrected chi connectivity index (χ4v) is 2.68. The number of pyridine rings is 1. The van der Waals surface area contributed by atoms with Crippen molar-refractivity contribution in [2.45, 2.75) is 32.3 Å². The lowest BCUT2D eigenvalue weighted by molar-refractivity contribution is 0.232. The molecule has 1 atom stereocenters. The van der Waals surface area contributed by atoms with Gasteiger partial charge in [-0.25, -0.2) is 4.98 Å². The van der Waals surface area contributed by atoms with Crippen LogP contribution < -0.4 is 10.1 Å². The van der Waals surface area contributed by atoms with Gasteiger partial charge in [0.2, 0.25) is 5.88 Å². The maximum Gasteiger partial charge on any atom is 0.214 e. The summed E-state index contributed by atoms with van der Waals surface area (Å²) in [4.78, 5) is 4.70. The average Bonchev–Trinajstić information content (AvgIpc) is 3.08. The summed E-state index contributed by atoms with van der Waals surface area (Å²) >= 11 is 0. The Labute approximate surface area is 125 Å². The van der Waals surface area contributed by atoms with Crippen molar-refractivity contribution in [3.8, 4) is 17.0 Å². The molecule has 0 radical (unpaired) electrons. The third-order valence-electron chi connectivity index (χ3n) is 3.69. The van der Waals surface area contributed by atoms with E-state index in [1.54, 1.807) is 0 Å². The van der Waals surface area contributed by atoms with Crippen LogP contribution in [0.3, 0.4) is 0 Å². The zero-order chi connectivity index (χ0) is 14.8. The second-order valence-corrected chi connectivity index (χ2v) is 5.88. The number of rotatable bonds is 4. The van der Waals surface area contributed by atoms with E-state index in [0.29, 0.717) is 11.8 Å². The largest absolute Gasteiger partial charge is 0.475 e. The molecule has 1 unspecified atom stereocenters. The molecule has 1 aliphatic rings. The average molecular weight is 286 g/mol. The number of aromatic nitrogens is 3. The molecule has 0 bridgehead atoms. The van der Waals surface area contributed by atoms with Crippen LogP contribution in [0, 0.1) is 0 Å². The highest BCUT2D eigenvalue weighted by molar-refractivity contribution is 5.63. The molecule has 3 rings (SSSR count). The van der Waals surface area contributed by atoms with E-state index in [9.17, 15) is 0 Å². The summed E-state index contributed by atoms with van der Waals surface area (Å²) in [6, 6.07) is 4.17. The van der Waals surface area contributed by atoms with Crippen molar-refractivity contribution in [1.29, 1.82) is 0 Å². The summed E-state index contributed by atoms with van der Waals surface area (Å²) < 4.78 is 7.64. The minimum Gasteiger partial charge on any atom is -0.475 e. The van der Waals surface area contributed by atoms with Crippen LogP contribution in [0.25, 0.3) is 11.1 Å². The van der Waals surface area contributed by atoms with Crippen LogP contribution in [0.1, 0.15) is 31.9 Å². The Bertz CT molecular complexity index is 614. The molecule has 2 aromatic heterocycles. The molecule has 21 heavy (non-hydrogen) atoms. The van der Waals surface area contributed by atoms with Crippen molar-refractivity contribution in [1.82, 2.24) is 20.1 Å². The highest BCUT2D eigenvalue weighted by atomic mass is 16.5. The zero-order valence-electron chi connectivity index (χ0n) is 12.8. The molecule has 5 nitrogen and oxygen atoms in total. The van der Waals surface area contributed by atoms with Gasteiger partial charge in [0.1, 0.15) is 0 Å². The van der Waals surface area contributed by atoms with E-state index in [2.05, 4.69) is 16.5 Å². The first-order chi connectivity index (χ1) is 10.1. The van der Waals surface area contributed by atoms with Crippen molar-refractivity contribution in [2.75, 3.05) is 13.1 Å². The molecule has 112 valence electrons. The van der Waals surface area contributed by atoms with Gasteiger partial charge in [-0.1, -0.05) is 0 Å². The fraction of sp³-hybridized carbons (Fsp3) is 0.500. The van der Waals surface area contributed by atoms with Crippen LogP contribution in [-0.2, 0) is 7.05 Å². The standard InChI is InChI=1S/C16H22N4O/c1-11(2)21-16-7-13(14-9-18-20(3)10-14)6-15(19-16)12-4-5-17-8-12/h6-7,9-12,17H,4-5,8H2,1-3H3. The molecule has 1 N–H and O–H groups in total. The molecule has 0 saturated carbocycles. The van der Waals surface area contributed by atoms with Crippen LogP contribution in [0.15, 0.2) is 24.5 Å². The highest BCUT2D eigenvalue weighted by Gasteiger charge is 2.20. The Kier molecular flexibility index (Phi) is 3.92. The monoisotopic (exact) mass is 286 g/mol. The van der Waals surface area contributed by atoms with Crippen LogP contribution >= 0.6 is 0 Å². The quantitative estimate of drug-likeness (QED) is 0.937. The van der Waals surface area contributed by atoms with Crippen molar-refractivity contribution in [3.05, 3.63) is 30.2 Å². The van der Waals surface area contributed by atoms with Gasteiger partial charge < -0.3 is 10.1 Å². The lowest BCUT2D eigenvalue weighted by Crippen LogP contribution is -2.11. The minimum atomic E-state index is 0.121. The molecule has 0 aromatic carbocycles. The SMILES string of the molecule is CC(C)Oc1cc(-c2cnn(C)c2)cc(C2CCNC2)n1. The Morgan fingerprint density at radius 3 is 2.81 bits per heavy atom. The van der Waals surface area contributed by atoms with Crippen LogP contribution in [-0.4, -0.2) is 34.0 Å². The van der Waals surface area contributed by atoms with E-state index >= 15 is 0 Å². The molecule has 0 aliphatic carbocycles. The summed E-state index contributed by atoms with van der Waals surface area (Å²) in [5.41, 5.74) is 3.33. The van der Waals surface area contributed by atoms with E-state index in [1.807, 2.05) is 44.0 Å². The minimum absolute atomic E-state index is 0.121. The smallest absolute Gasteiger partial charge is 0.214 e. The number of nitrogens with zero attached hydrogens (tertiary/aromatic N) is 3. The predicted molar refractivity (Wildman–Crippen MR) is 82.4 cm³/mol. The number of hydrogen-bond acceptors (Lipinski definition) is 4. The zero-order valence-corrected chi connectivity index (χ0v) is 12.8. The summed E-state index contributed by atoms with van der Waals surface area (Å²) in [6.45, 7) is 6.10. The Morgan fingerprint density at radius 2 is 2.19 bits per heavy atom. The summed E-state index contributed by atoms with van der Waals surface area (Å²) in [6.07, 6.45) is 5.15. The van der Waals surface area contributed by atoms with Crippen LogP contribution in [0.5, 0.6) is 5.88 Å². The maximum absolute atomic E-state index is 5.82. The van der Waals surface area contributed by atoms with Crippen LogP contribution in [0.4, 0.5) is 0 Å². The third kappa shape index (κ3) is 3.24. The van der Waals surface area contributed by atoms with Gasteiger partial charge in [-0.15, -0.1) is 0 Å². The van der Waals surface area contributed by atoms with E-state index in [4.69, 9.17) is 9.72 Å². The fourth-order valence-electron chi connectivity index (χ4n) is 2.68. The van der Waals surface area contributed by atoms with E-state index in [0.717, 1.165) is 36.3 Å². The molecule has 1 saturated heterocycles. The lowest BCUT2D eigenvalue weighted by Gasteiger charge is -2.14. The Balaban J connectivity index is 1.99. The molecule has 3 heterocycles. The van der Waals surface area contributed by atoms with Crippen molar-refractivity contribution in [2.24, 2.45) is 7.05 Å². The topological polar surface area (TPSA) is 52.0 Å². The highest BCUT2D eigenvalue weighted by Crippen LogP contribution is 2.29. The number of hydrogen-bond donors (Lipinski definition) is 1. The summed E-state index contributed by atoms with van der Waals surface area (Å²) in [5, 5.41) is 7.65. The molecular formula is C16H22N4O.